The van der Waals surface area contributed by atoms with Gasteiger partial charge in [-0.05, 0) is 43.5 Å². The molecule has 4 aliphatic heterocycles. The summed E-state index contributed by atoms with van der Waals surface area (Å²) < 4.78 is 10.8. The molecule has 2 aromatic carbocycles. The number of nitrogens with zero attached hydrogens (tertiary/aromatic N) is 1. The first-order valence-electron chi connectivity index (χ1n) is 11.9. The monoisotopic (exact) mass is 490 g/mol. The van der Waals surface area contributed by atoms with Gasteiger partial charge in [-0.15, -0.1) is 0 Å². The van der Waals surface area contributed by atoms with Gasteiger partial charge in [-0.1, -0.05) is 23.8 Å². The number of anilines is 1. The second-order valence-electron chi connectivity index (χ2n) is 9.98. The van der Waals surface area contributed by atoms with Crippen molar-refractivity contribution in [1.29, 1.82) is 0 Å². The van der Waals surface area contributed by atoms with Crippen LogP contribution in [0.4, 0.5) is 5.69 Å². The Hall–Kier alpha value is -3.92. The highest BCUT2D eigenvalue weighted by molar-refractivity contribution is 6.15. The summed E-state index contributed by atoms with van der Waals surface area (Å²) in [7, 11) is 0. The van der Waals surface area contributed by atoms with Crippen LogP contribution in [0.1, 0.15) is 35.1 Å². The maximum atomic E-state index is 13.9. The maximum absolute atomic E-state index is 13.9. The van der Waals surface area contributed by atoms with Crippen LogP contribution in [0.15, 0.2) is 30.3 Å². The summed E-state index contributed by atoms with van der Waals surface area (Å²) in [5.41, 5.74) is 7.83. The normalized spacial score (nSPS) is 27.6. The van der Waals surface area contributed by atoms with Crippen LogP contribution in [-0.2, 0) is 31.3 Å². The van der Waals surface area contributed by atoms with E-state index in [0.717, 1.165) is 11.1 Å². The highest BCUT2D eigenvalue weighted by Crippen LogP contribution is 2.54. The van der Waals surface area contributed by atoms with Gasteiger partial charge in [0.1, 0.15) is 5.54 Å². The van der Waals surface area contributed by atoms with E-state index in [1.54, 1.807) is 18.2 Å². The Bertz CT molecular complexity index is 1360. The Labute approximate surface area is 207 Å². The average Bonchev–Trinajstić information content (AvgIpc) is 3.55. The minimum atomic E-state index is -1.41. The van der Waals surface area contributed by atoms with Gasteiger partial charge in [0.25, 0.3) is 0 Å². The molecule has 0 aromatic heterocycles. The molecule has 4 N–H and O–H groups in total. The van der Waals surface area contributed by atoms with Gasteiger partial charge in [0.05, 0.1) is 18.4 Å². The van der Waals surface area contributed by atoms with Crippen molar-refractivity contribution < 1.29 is 28.7 Å². The lowest BCUT2D eigenvalue weighted by Crippen LogP contribution is -2.53. The summed E-state index contributed by atoms with van der Waals surface area (Å²) in [4.78, 5) is 54.1. The van der Waals surface area contributed by atoms with Crippen LogP contribution in [0, 0.1) is 25.7 Å². The molecule has 6 rings (SSSR count). The van der Waals surface area contributed by atoms with Gasteiger partial charge in [0.15, 0.2) is 11.5 Å². The number of fused-ring (bicyclic) bond motifs is 5. The highest BCUT2D eigenvalue weighted by Gasteiger charge is 2.70. The summed E-state index contributed by atoms with van der Waals surface area (Å²) in [5.74, 6) is -2.25. The number of nitrogens with one attached hydrogen (secondary N) is 2. The summed E-state index contributed by atoms with van der Waals surface area (Å²) in [5, 5.41) is 6.29. The minimum Gasteiger partial charge on any atom is -0.454 e. The number of primary amides is 1. The van der Waals surface area contributed by atoms with E-state index in [2.05, 4.69) is 10.6 Å². The highest BCUT2D eigenvalue weighted by atomic mass is 16.7. The minimum absolute atomic E-state index is 0.0297. The smallest absolute Gasteiger partial charge is 0.250 e. The van der Waals surface area contributed by atoms with Gasteiger partial charge in [-0.25, -0.2) is 0 Å². The lowest BCUT2D eigenvalue weighted by atomic mass is 9.75. The number of imide groups is 1. The van der Waals surface area contributed by atoms with Gasteiger partial charge in [-0.3, -0.25) is 29.4 Å². The third kappa shape index (κ3) is 3.07. The molecule has 4 atom stereocenters. The van der Waals surface area contributed by atoms with Crippen LogP contribution in [0.2, 0.25) is 0 Å². The lowest BCUT2D eigenvalue weighted by molar-refractivity contribution is -0.143. The number of ether oxygens (including phenoxy) is 2. The Kier molecular flexibility index (Phi) is 4.88. The summed E-state index contributed by atoms with van der Waals surface area (Å²) >= 11 is 0. The zero-order valence-corrected chi connectivity index (χ0v) is 19.9. The molecular weight excluding hydrogens is 464 g/mol. The van der Waals surface area contributed by atoms with Crippen LogP contribution in [0.25, 0.3) is 0 Å². The topological polar surface area (TPSA) is 140 Å². The van der Waals surface area contributed by atoms with Crippen LogP contribution in [0.5, 0.6) is 11.5 Å². The average molecular weight is 491 g/mol. The van der Waals surface area contributed by atoms with Crippen molar-refractivity contribution in [2.45, 2.75) is 44.8 Å². The molecule has 4 amide bonds. The fraction of sp³-hybridized carbons (Fsp3) is 0.385. The quantitative estimate of drug-likeness (QED) is 0.536. The van der Waals surface area contributed by atoms with Crippen molar-refractivity contribution in [3.05, 3.63) is 52.6 Å². The van der Waals surface area contributed by atoms with E-state index in [9.17, 15) is 19.2 Å². The van der Waals surface area contributed by atoms with E-state index >= 15 is 0 Å². The number of hydrogen-bond donors (Lipinski definition) is 3. The number of benzene rings is 2. The molecule has 2 saturated heterocycles. The standard InChI is InChI=1S/C26H26N4O6/c1-12-7-13(2)22-15(8-12)26(25(34)28-22)21-20(16(29-26)4-6-19(27)31)23(32)30(24(21)33)10-14-3-5-17-18(9-14)36-11-35-17/h3,5,7-9,16,20-21,29H,4,6,10-11H2,1-2H3,(H2,27,31)(H,28,34)/t16?,20-,21+,26?/m1/s1. The number of hydrogen-bond acceptors (Lipinski definition) is 7. The van der Waals surface area contributed by atoms with Gasteiger partial charge in [0, 0.05) is 23.7 Å². The molecule has 2 unspecified atom stereocenters. The molecule has 4 aliphatic rings. The van der Waals surface area contributed by atoms with Crippen molar-refractivity contribution in [3.63, 3.8) is 0 Å². The summed E-state index contributed by atoms with van der Waals surface area (Å²) in [6, 6.07) is 8.56. The first-order chi connectivity index (χ1) is 17.2. The van der Waals surface area contributed by atoms with Crippen LogP contribution in [0.3, 0.4) is 0 Å². The molecule has 0 radical (unpaired) electrons. The van der Waals surface area contributed by atoms with Gasteiger partial charge in [0.2, 0.25) is 30.4 Å². The second kappa shape index (κ2) is 7.79. The summed E-state index contributed by atoms with van der Waals surface area (Å²) in [6.45, 7) is 3.99. The fourth-order valence-corrected chi connectivity index (χ4v) is 6.24. The second-order valence-corrected chi connectivity index (χ2v) is 9.98. The Balaban J connectivity index is 1.42. The first kappa shape index (κ1) is 22.5. The fourth-order valence-electron chi connectivity index (χ4n) is 6.24. The van der Waals surface area contributed by atoms with Crippen molar-refractivity contribution in [3.8, 4) is 11.5 Å². The van der Waals surface area contributed by atoms with E-state index in [-0.39, 0.29) is 38.0 Å². The SMILES string of the molecule is Cc1cc(C)c2c(c1)C1(NC(CCC(N)=O)[C@H]3C(=O)N(Cc4ccc5c(c4)OCO5)C(=O)[C@H]31)C(=O)N2. The Morgan fingerprint density at radius 2 is 1.89 bits per heavy atom. The molecule has 10 nitrogen and oxygen atoms in total. The van der Waals surface area contributed by atoms with Crippen molar-refractivity contribution >= 4 is 29.3 Å². The largest absolute Gasteiger partial charge is 0.454 e. The number of amides is 4. The van der Waals surface area contributed by atoms with Gasteiger partial charge < -0.3 is 20.5 Å². The molecule has 1 spiro atoms. The molecule has 10 heteroatoms. The van der Waals surface area contributed by atoms with E-state index in [0.29, 0.717) is 28.3 Å². The summed E-state index contributed by atoms with van der Waals surface area (Å²) in [6.07, 6.45) is 0.268. The lowest BCUT2D eigenvalue weighted by Gasteiger charge is -2.30. The van der Waals surface area contributed by atoms with E-state index < -0.39 is 35.2 Å². The Morgan fingerprint density at radius 1 is 1.11 bits per heavy atom. The van der Waals surface area contributed by atoms with E-state index in [1.807, 2.05) is 26.0 Å². The molecule has 186 valence electrons. The van der Waals surface area contributed by atoms with Crippen molar-refractivity contribution in [1.82, 2.24) is 10.2 Å². The van der Waals surface area contributed by atoms with E-state index in [4.69, 9.17) is 15.2 Å². The first-order valence-corrected chi connectivity index (χ1v) is 11.9. The molecule has 0 saturated carbocycles. The predicted molar refractivity (Wildman–Crippen MR) is 127 cm³/mol. The van der Waals surface area contributed by atoms with Gasteiger partial charge in [-0.2, -0.15) is 0 Å². The molecule has 0 bridgehead atoms. The number of nitrogens with two attached hydrogens (primary N) is 1. The third-order valence-corrected chi connectivity index (χ3v) is 7.74. The molecule has 4 heterocycles. The van der Waals surface area contributed by atoms with Crippen molar-refractivity contribution in [2.75, 3.05) is 12.1 Å². The number of carbonyl (C=O) groups excluding carboxylic acids is 4. The molecule has 2 aromatic rings. The number of carbonyl (C=O) groups is 4. The Morgan fingerprint density at radius 3 is 2.67 bits per heavy atom. The molecular formula is C26H26N4O6. The van der Waals surface area contributed by atoms with Gasteiger partial charge >= 0.3 is 0 Å². The number of aryl methyl sites for hydroxylation is 2. The zero-order valence-electron chi connectivity index (χ0n) is 19.9. The van der Waals surface area contributed by atoms with Crippen LogP contribution < -0.4 is 25.8 Å². The third-order valence-electron chi connectivity index (χ3n) is 7.74. The van der Waals surface area contributed by atoms with Crippen LogP contribution >= 0.6 is 0 Å². The zero-order chi connectivity index (χ0) is 25.4. The number of likely N-dealkylation sites (tertiary alicyclic amines) is 1. The van der Waals surface area contributed by atoms with Crippen molar-refractivity contribution in [2.24, 2.45) is 17.6 Å². The van der Waals surface area contributed by atoms with Crippen LogP contribution in [-0.4, -0.2) is 41.4 Å². The van der Waals surface area contributed by atoms with E-state index in [1.165, 1.54) is 4.90 Å². The maximum Gasteiger partial charge on any atom is 0.250 e. The molecule has 36 heavy (non-hydrogen) atoms. The predicted octanol–water partition coefficient (Wildman–Crippen LogP) is 1.22. The molecule has 0 aliphatic carbocycles. The molecule has 2 fully saturated rings. The number of rotatable bonds is 5.